The summed E-state index contributed by atoms with van der Waals surface area (Å²) >= 11 is 0. The molecule has 0 aliphatic heterocycles. The molecule has 0 aromatic heterocycles. The van der Waals surface area contributed by atoms with E-state index in [0.717, 1.165) is 70.6 Å². The maximum absolute atomic E-state index is 13.8. The highest BCUT2D eigenvalue weighted by Gasteiger charge is 2.69. The Bertz CT molecular complexity index is 1160. The molecule has 0 aromatic rings. The van der Waals surface area contributed by atoms with E-state index in [1.807, 2.05) is 6.92 Å². The fourth-order valence-corrected chi connectivity index (χ4v) is 11.6. The van der Waals surface area contributed by atoms with Gasteiger partial charge in [-0.2, -0.15) is 0 Å². The van der Waals surface area contributed by atoms with Gasteiger partial charge in [0.25, 0.3) is 0 Å². The van der Waals surface area contributed by atoms with Crippen LogP contribution >= 0.6 is 0 Å². The number of amides is 1. The fourth-order valence-electron chi connectivity index (χ4n) is 11.6. The Balaban J connectivity index is 1.49. The van der Waals surface area contributed by atoms with Crippen molar-refractivity contribution in [2.24, 2.45) is 50.2 Å². The minimum Gasteiger partial charge on any atom is -0.480 e. The van der Waals surface area contributed by atoms with Crippen LogP contribution in [0.1, 0.15) is 132 Å². The van der Waals surface area contributed by atoms with E-state index in [2.05, 4.69) is 59.9 Å². The van der Waals surface area contributed by atoms with E-state index in [1.165, 1.54) is 5.57 Å². The highest BCUT2D eigenvalue weighted by molar-refractivity contribution is 5.87. The minimum atomic E-state index is -0.983. The van der Waals surface area contributed by atoms with Gasteiger partial charge in [-0.05, 0) is 110 Å². The number of ether oxygens (including phenoxy) is 1. The maximum atomic E-state index is 13.8. The maximum Gasteiger partial charge on any atom is 0.322 e. The second-order valence-electron chi connectivity index (χ2n) is 17.0. The van der Waals surface area contributed by atoms with Crippen molar-refractivity contribution >= 4 is 17.8 Å². The molecule has 0 bridgehead atoms. The van der Waals surface area contributed by atoms with Crippen LogP contribution in [0.2, 0.25) is 0 Å². The first-order valence-corrected chi connectivity index (χ1v) is 16.9. The van der Waals surface area contributed by atoms with Crippen LogP contribution in [-0.2, 0) is 19.1 Å². The largest absolute Gasteiger partial charge is 0.480 e. The van der Waals surface area contributed by atoms with Crippen molar-refractivity contribution in [3.63, 3.8) is 0 Å². The summed E-state index contributed by atoms with van der Waals surface area (Å²) in [6.07, 6.45) is 13.8. The zero-order valence-electron chi connectivity index (χ0n) is 27.7. The molecule has 0 spiro atoms. The smallest absolute Gasteiger partial charge is 0.322 e. The van der Waals surface area contributed by atoms with Crippen molar-refractivity contribution in [2.75, 3.05) is 6.54 Å². The molecule has 5 unspecified atom stereocenters. The molecule has 0 saturated heterocycles. The number of allylic oxidation sites excluding steroid dienone is 2. The lowest BCUT2D eigenvalue weighted by Gasteiger charge is -2.71. The summed E-state index contributed by atoms with van der Waals surface area (Å²) in [6.45, 7) is 18.7. The number of carbonyl (C=O) groups is 3. The van der Waals surface area contributed by atoms with E-state index in [1.54, 1.807) is 0 Å². The van der Waals surface area contributed by atoms with Gasteiger partial charge < -0.3 is 15.2 Å². The first-order valence-electron chi connectivity index (χ1n) is 16.9. The number of fused-ring (bicyclic) bond motifs is 7. The zero-order valence-corrected chi connectivity index (χ0v) is 27.7. The van der Waals surface area contributed by atoms with Gasteiger partial charge in [0.1, 0.15) is 12.6 Å². The van der Waals surface area contributed by atoms with Crippen molar-refractivity contribution in [3.8, 4) is 0 Å². The molecule has 0 radical (unpaired) electrons. The van der Waals surface area contributed by atoms with Gasteiger partial charge in [0.15, 0.2) is 0 Å². The average Bonchev–Trinajstić information content (AvgIpc) is 2.89. The molecule has 236 valence electrons. The van der Waals surface area contributed by atoms with Crippen molar-refractivity contribution < 1.29 is 24.2 Å². The lowest BCUT2D eigenvalue weighted by molar-refractivity contribution is -0.213. The van der Waals surface area contributed by atoms with Gasteiger partial charge in [0.05, 0.1) is 5.41 Å². The minimum absolute atomic E-state index is 0.00709. The Morgan fingerprint density at radius 3 is 2.29 bits per heavy atom. The first kappa shape index (κ1) is 31.6. The topological polar surface area (TPSA) is 92.7 Å². The molecule has 4 saturated carbocycles. The lowest BCUT2D eigenvalue weighted by Crippen LogP contribution is -2.65. The molecule has 0 aromatic carbocycles. The van der Waals surface area contributed by atoms with Crippen LogP contribution in [0.25, 0.3) is 0 Å². The molecular weight excluding hydrogens is 526 g/mol. The van der Waals surface area contributed by atoms with Gasteiger partial charge in [-0.1, -0.05) is 67.0 Å². The Morgan fingerprint density at radius 2 is 1.62 bits per heavy atom. The van der Waals surface area contributed by atoms with E-state index in [-0.39, 0.29) is 57.5 Å². The standard InChI is InChI=1S/C36H57NO5/c1-9-10-29(40)42-27-14-15-33(6)25(32(27,4)5)13-16-35(8)26(33)12-11-23-24-21-31(2,3)17-19-36(24,20-18-34(23,35)7)30(41)37-22-28(38)39/h11,24-27H,9-10,12-22H2,1-8H3,(H,37,41)(H,38,39)/t24?,25?,26?,27-,33?,34-,35?,36+/m1/s1. The Labute approximate surface area is 254 Å². The van der Waals surface area contributed by atoms with E-state index in [0.29, 0.717) is 18.3 Å². The zero-order chi connectivity index (χ0) is 30.9. The number of hydrogen-bond donors (Lipinski definition) is 2. The molecule has 1 amide bonds. The van der Waals surface area contributed by atoms with Crippen LogP contribution in [0, 0.1) is 50.2 Å². The van der Waals surface area contributed by atoms with Gasteiger partial charge in [0, 0.05) is 11.8 Å². The highest BCUT2D eigenvalue weighted by Crippen LogP contribution is 2.75. The number of rotatable bonds is 6. The van der Waals surface area contributed by atoms with E-state index < -0.39 is 11.4 Å². The summed E-state index contributed by atoms with van der Waals surface area (Å²) < 4.78 is 6.13. The van der Waals surface area contributed by atoms with Crippen LogP contribution in [-0.4, -0.2) is 35.6 Å². The summed E-state index contributed by atoms with van der Waals surface area (Å²) in [5.74, 6) is 0.104. The molecule has 0 heterocycles. The second kappa shape index (κ2) is 10.4. The van der Waals surface area contributed by atoms with Gasteiger partial charge in [-0.3, -0.25) is 14.4 Å². The van der Waals surface area contributed by atoms with Gasteiger partial charge in [0.2, 0.25) is 5.91 Å². The van der Waals surface area contributed by atoms with E-state index in [4.69, 9.17) is 4.74 Å². The molecule has 5 aliphatic carbocycles. The van der Waals surface area contributed by atoms with Crippen molar-refractivity contribution in [1.82, 2.24) is 5.32 Å². The van der Waals surface area contributed by atoms with Crippen LogP contribution in [0.4, 0.5) is 0 Å². The average molecular weight is 584 g/mol. The third-order valence-electron chi connectivity index (χ3n) is 14.2. The number of carboxylic acids is 1. The molecule has 42 heavy (non-hydrogen) atoms. The van der Waals surface area contributed by atoms with E-state index >= 15 is 0 Å². The predicted octanol–water partition coefficient (Wildman–Crippen LogP) is 7.70. The van der Waals surface area contributed by atoms with Crippen molar-refractivity contribution in [2.45, 2.75) is 139 Å². The molecule has 2 N–H and O–H groups in total. The van der Waals surface area contributed by atoms with Crippen LogP contribution in [0.3, 0.4) is 0 Å². The number of aliphatic carboxylic acids is 1. The summed E-state index contributed by atoms with van der Waals surface area (Å²) in [5.41, 5.74) is 1.36. The summed E-state index contributed by atoms with van der Waals surface area (Å²) in [4.78, 5) is 37.7. The molecule has 4 fully saturated rings. The highest BCUT2D eigenvalue weighted by atomic mass is 16.5. The van der Waals surface area contributed by atoms with Gasteiger partial charge in [-0.25, -0.2) is 0 Å². The molecule has 6 heteroatoms. The molecule has 6 nitrogen and oxygen atoms in total. The van der Waals surface area contributed by atoms with E-state index in [9.17, 15) is 19.5 Å². The quantitative estimate of drug-likeness (QED) is 0.247. The van der Waals surface area contributed by atoms with Gasteiger partial charge >= 0.3 is 11.9 Å². The summed E-state index contributed by atoms with van der Waals surface area (Å²) in [7, 11) is 0. The van der Waals surface area contributed by atoms with Crippen LogP contribution < -0.4 is 5.32 Å². The SMILES string of the molecule is CCCC(=O)O[C@@H]1CCC2(C)C(CCC3(C)C2CC=C2C4CC(C)(C)CC[C@]4(C(=O)NCC(=O)O)CC[C@]23C)C1(C)C. The summed E-state index contributed by atoms with van der Waals surface area (Å²) in [5, 5.41) is 12.1. The van der Waals surface area contributed by atoms with Crippen molar-refractivity contribution in [1.29, 1.82) is 0 Å². The second-order valence-corrected chi connectivity index (χ2v) is 17.0. The lowest BCUT2D eigenvalue weighted by atomic mass is 9.33. The fraction of sp³-hybridized carbons (Fsp3) is 0.861. The predicted molar refractivity (Wildman–Crippen MR) is 164 cm³/mol. The Morgan fingerprint density at radius 1 is 0.929 bits per heavy atom. The number of esters is 1. The number of carboxylic acid groups (broad SMARTS) is 1. The first-order chi connectivity index (χ1) is 19.5. The van der Waals surface area contributed by atoms with Crippen molar-refractivity contribution in [3.05, 3.63) is 11.6 Å². The Kier molecular flexibility index (Phi) is 7.79. The number of carbonyl (C=O) groups excluding carboxylic acids is 2. The van der Waals surface area contributed by atoms with Gasteiger partial charge in [-0.15, -0.1) is 0 Å². The number of hydrogen-bond acceptors (Lipinski definition) is 4. The van der Waals surface area contributed by atoms with Crippen LogP contribution in [0.5, 0.6) is 0 Å². The third kappa shape index (κ3) is 4.59. The monoisotopic (exact) mass is 583 g/mol. The summed E-state index contributed by atoms with van der Waals surface area (Å²) in [6, 6.07) is 0. The number of nitrogens with one attached hydrogen (secondary N) is 1. The Hall–Kier alpha value is -1.85. The molecule has 5 aliphatic rings. The molecule has 5 rings (SSSR count). The molecule has 8 atom stereocenters. The normalized spacial score (nSPS) is 43.4. The molecular formula is C36H57NO5. The van der Waals surface area contributed by atoms with Crippen LogP contribution in [0.15, 0.2) is 11.6 Å². The third-order valence-corrected chi connectivity index (χ3v) is 14.2.